The molecule has 1 heterocycles. The molecular formula is C9H13N3O3. The maximum atomic E-state index is 11.5. The van der Waals surface area contributed by atoms with Crippen LogP contribution < -0.4 is 10.9 Å². The van der Waals surface area contributed by atoms with Crippen LogP contribution in [0, 0.1) is 0 Å². The highest BCUT2D eigenvalue weighted by molar-refractivity contribution is 5.81. The van der Waals surface area contributed by atoms with Gasteiger partial charge in [-0.3, -0.25) is 4.79 Å². The lowest BCUT2D eigenvalue weighted by Gasteiger charge is -2.21. The Labute approximate surface area is 86.6 Å². The third-order valence-electron chi connectivity index (χ3n) is 1.98. The van der Waals surface area contributed by atoms with Gasteiger partial charge >= 0.3 is 5.97 Å². The molecular weight excluding hydrogens is 198 g/mol. The van der Waals surface area contributed by atoms with Crippen molar-refractivity contribution in [2.75, 3.05) is 5.32 Å². The van der Waals surface area contributed by atoms with Gasteiger partial charge in [-0.15, -0.1) is 0 Å². The number of aliphatic carboxylic acids is 1. The van der Waals surface area contributed by atoms with Gasteiger partial charge in [0.1, 0.15) is 5.54 Å². The molecule has 0 saturated carbocycles. The molecule has 0 aliphatic rings. The maximum Gasteiger partial charge on any atom is 0.328 e. The highest BCUT2D eigenvalue weighted by atomic mass is 16.4. The molecule has 6 heteroatoms. The number of nitrogens with one attached hydrogen (secondary N) is 1. The van der Waals surface area contributed by atoms with E-state index in [0.29, 0.717) is 0 Å². The van der Waals surface area contributed by atoms with Crippen molar-refractivity contribution < 1.29 is 9.90 Å². The third-order valence-corrected chi connectivity index (χ3v) is 1.98. The Bertz CT molecular complexity index is 436. The third kappa shape index (κ3) is 2.34. The number of hydrogen-bond donors (Lipinski definition) is 2. The highest BCUT2D eigenvalue weighted by Crippen LogP contribution is 2.08. The summed E-state index contributed by atoms with van der Waals surface area (Å²) in [6, 6.07) is 0. The van der Waals surface area contributed by atoms with Gasteiger partial charge in [-0.25, -0.2) is 9.78 Å². The second-order valence-electron chi connectivity index (χ2n) is 3.75. The van der Waals surface area contributed by atoms with Crippen molar-refractivity contribution in [3.05, 3.63) is 22.7 Å². The van der Waals surface area contributed by atoms with E-state index in [1.165, 1.54) is 30.8 Å². The van der Waals surface area contributed by atoms with E-state index >= 15 is 0 Å². The van der Waals surface area contributed by atoms with Gasteiger partial charge in [0.2, 0.25) is 0 Å². The molecule has 0 bridgehead atoms. The molecule has 0 spiro atoms. The molecule has 1 aromatic rings. The number of carboxylic acid groups (broad SMARTS) is 1. The number of aryl methyl sites for hydroxylation is 1. The first-order valence-electron chi connectivity index (χ1n) is 4.38. The average Bonchev–Trinajstić information content (AvgIpc) is 2.12. The SMILES string of the molecule is Cn1ccnc(NC(C)(C)C(=O)O)c1=O. The number of nitrogens with zero attached hydrogens (tertiary/aromatic N) is 2. The first-order valence-corrected chi connectivity index (χ1v) is 4.38. The first kappa shape index (κ1) is 11.2. The zero-order chi connectivity index (χ0) is 11.6. The standard InChI is InChI=1S/C9H13N3O3/c1-9(2,8(14)15)11-6-7(13)12(3)5-4-10-6/h4-5H,1-3H3,(H,10,11)(H,14,15). The van der Waals surface area contributed by atoms with Crippen LogP contribution in [0.4, 0.5) is 5.82 Å². The van der Waals surface area contributed by atoms with Crippen molar-refractivity contribution in [3.8, 4) is 0 Å². The average molecular weight is 211 g/mol. The quantitative estimate of drug-likeness (QED) is 0.738. The Hall–Kier alpha value is -1.85. The predicted octanol–water partition coefficient (Wildman–Crippen LogP) is 0.0554. The smallest absolute Gasteiger partial charge is 0.328 e. The minimum atomic E-state index is -1.22. The van der Waals surface area contributed by atoms with E-state index < -0.39 is 11.5 Å². The fourth-order valence-corrected chi connectivity index (χ4v) is 0.933. The molecule has 0 saturated heterocycles. The molecule has 2 N–H and O–H groups in total. The lowest BCUT2D eigenvalue weighted by atomic mass is 10.1. The number of hydrogen-bond acceptors (Lipinski definition) is 4. The van der Waals surface area contributed by atoms with E-state index in [1.54, 1.807) is 7.05 Å². The lowest BCUT2D eigenvalue weighted by molar-refractivity contribution is -0.141. The van der Waals surface area contributed by atoms with Crippen LogP contribution in [0.25, 0.3) is 0 Å². The molecule has 0 radical (unpaired) electrons. The van der Waals surface area contributed by atoms with Crippen LogP contribution in [-0.4, -0.2) is 26.2 Å². The normalized spacial score (nSPS) is 11.1. The van der Waals surface area contributed by atoms with Crippen molar-refractivity contribution in [2.24, 2.45) is 7.05 Å². The van der Waals surface area contributed by atoms with E-state index in [1.807, 2.05) is 0 Å². The topological polar surface area (TPSA) is 84.2 Å². The molecule has 0 atom stereocenters. The van der Waals surface area contributed by atoms with Gasteiger partial charge in [0.05, 0.1) is 0 Å². The Kier molecular flexibility index (Phi) is 2.78. The van der Waals surface area contributed by atoms with Crippen LogP contribution in [0.1, 0.15) is 13.8 Å². The zero-order valence-corrected chi connectivity index (χ0v) is 8.81. The van der Waals surface area contributed by atoms with Crippen LogP contribution in [0.15, 0.2) is 17.2 Å². The molecule has 6 nitrogen and oxygen atoms in total. The highest BCUT2D eigenvalue weighted by Gasteiger charge is 2.28. The summed E-state index contributed by atoms with van der Waals surface area (Å²) in [5.74, 6) is -1.01. The minimum Gasteiger partial charge on any atom is -0.480 e. The molecule has 0 aliphatic heterocycles. The van der Waals surface area contributed by atoms with Crippen molar-refractivity contribution in [1.82, 2.24) is 9.55 Å². The van der Waals surface area contributed by atoms with Crippen molar-refractivity contribution in [2.45, 2.75) is 19.4 Å². The first-order chi connectivity index (χ1) is 6.84. The van der Waals surface area contributed by atoms with Crippen molar-refractivity contribution in [3.63, 3.8) is 0 Å². The summed E-state index contributed by atoms with van der Waals surface area (Å²) in [5.41, 5.74) is -1.58. The Morgan fingerprint density at radius 2 is 2.20 bits per heavy atom. The van der Waals surface area contributed by atoms with Gasteiger partial charge in [0, 0.05) is 19.4 Å². The summed E-state index contributed by atoms with van der Waals surface area (Å²) in [6.07, 6.45) is 2.93. The molecule has 82 valence electrons. The summed E-state index contributed by atoms with van der Waals surface area (Å²) in [4.78, 5) is 26.1. The summed E-state index contributed by atoms with van der Waals surface area (Å²) in [7, 11) is 1.57. The van der Waals surface area contributed by atoms with Gasteiger partial charge in [-0.05, 0) is 13.8 Å². The summed E-state index contributed by atoms with van der Waals surface area (Å²) in [6.45, 7) is 2.92. The van der Waals surface area contributed by atoms with Gasteiger partial charge in [0.15, 0.2) is 5.82 Å². The Morgan fingerprint density at radius 1 is 1.60 bits per heavy atom. The number of aromatic nitrogens is 2. The van der Waals surface area contributed by atoms with Crippen molar-refractivity contribution in [1.29, 1.82) is 0 Å². The molecule has 0 fully saturated rings. The van der Waals surface area contributed by atoms with E-state index in [0.717, 1.165) is 0 Å². The second kappa shape index (κ2) is 3.72. The Morgan fingerprint density at radius 3 is 2.73 bits per heavy atom. The van der Waals surface area contributed by atoms with Crippen LogP contribution in [0.5, 0.6) is 0 Å². The number of anilines is 1. The van der Waals surface area contributed by atoms with Crippen molar-refractivity contribution >= 4 is 11.8 Å². The molecule has 0 amide bonds. The van der Waals surface area contributed by atoms with E-state index in [9.17, 15) is 9.59 Å². The maximum absolute atomic E-state index is 11.5. The van der Waals surface area contributed by atoms with E-state index in [4.69, 9.17) is 5.11 Å². The number of carboxylic acids is 1. The van der Waals surface area contributed by atoms with Crippen LogP contribution in [0.2, 0.25) is 0 Å². The van der Waals surface area contributed by atoms with Gasteiger partial charge in [0.25, 0.3) is 5.56 Å². The molecule has 0 unspecified atom stereocenters. The van der Waals surface area contributed by atoms with E-state index in [-0.39, 0.29) is 11.4 Å². The molecule has 0 aliphatic carbocycles. The van der Waals surface area contributed by atoms with Crippen LogP contribution in [-0.2, 0) is 11.8 Å². The minimum absolute atomic E-state index is 0.0346. The summed E-state index contributed by atoms with van der Waals surface area (Å²) >= 11 is 0. The molecule has 0 aromatic carbocycles. The summed E-state index contributed by atoms with van der Waals surface area (Å²) in [5, 5.41) is 11.4. The monoisotopic (exact) mass is 211 g/mol. The van der Waals surface area contributed by atoms with Gasteiger partial charge < -0.3 is 15.0 Å². The van der Waals surface area contributed by atoms with Crippen LogP contribution in [0.3, 0.4) is 0 Å². The Balaban J connectivity index is 3.06. The zero-order valence-electron chi connectivity index (χ0n) is 8.81. The van der Waals surface area contributed by atoms with Crippen LogP contribution >= 0.6 is 0 Å². The second-order valence-corrected chi connectivity index (χ2v) is 3.75. The summed E-state index contributed by atoms with van der Waals surface area (Å²) < 4.78 is 1.33. The van der Waals surface area contributed by atoms with Gasteiger partial charge in [-0.2, -0.15) is 0 Å². The fraction of sp³-hybridized carbons (Fsp3) is 0.444. The molecule has 1 rings (SSSR count). The predicted molar refractivity (Wildman–Crippen MR) is 54.8 cm³/mol. The fourth-order valence-electron chi connectivity index (χ4n) is 0.933. The molecule has 15 heavy (non-hydrogen) atoms. The largest absolute Gasteiger partial charge is 0.480 e. The number of carbonyl (C=O) groups is 1. The molecule has 1 aromatic heterocycles. The van der Waals surface area contributed by atoms with E-state index in [2.05, 4.69) is 10.3 Å². The lowest BCUT2D eigenvalue weighted by Crippen LogP contribution is -2.42. The van der Waals surface area contributed by atoms with Gasteiger partial charge in [-0.1, -0.05) is 0 Å². The number of rotatable bonds is 3.